The van der Waals surface area contributed by atoms with Crippen LogP contribution in [0.3, 0.4) is 0 Å². The van der Waals surface area contributed by atoms with Gasteiger partial charge in [-0.25, -0.2) is 0 Å². The first kappa shape index (κ1) is 20.9. The van der Waals surface area contributed by atoms with Crippen molar-refractivity contribution in [2.24, 2.45) is 11.8 Å². The van der Waals surface area contributed by atoms with Gasteiger partial charge in [-0.15, -0.1) is 0 Å². The van der Waals surface area contributed by atoms with Crippen molar-refractivity contribution in [1.82, 2.24) is 0 Å². The van der Waals surface area contributed by atoms with Gasteiger partial charge in [0.2, 0.25) is 0 Å². The van der Waals surface area contributed by atoms with Crippen molar-refractivity contribution in [2.75, 3.05) is 13.2 Å². The highest BCUT2D eigenvalue weighted by molar-refractivity contribution is 5.63. The number of hydrogen-bond donors (Lipinski definition) is 0. The molecule has 2 saturated carbocycles. The molecular formula is C28H34O4. The number of rotatable bonds is 9. The van der Waals surface area contributed by atoms with Crippen LogP contribution in [-0.2, 0) is 32.2 Å². The first-order valence-electron chi connectivity index (χ1n) is 12.4. The van der Waals surface area contributed by atoms with Gasteiger partial charge in [0.25, 0.3) is 0 Å². The van der Waals surface area contributed by atoms with Crippen LogP contribution in [0.4, 0.5) is 0 Å². The fraction of sp³-hybridized carbons (Fsp3) is 0.571. The second kappa shape index (κ2) is 9.26. The molecule has 4 fully saturated rings. The summed E-state index contributed by atoms with van der Waals surface area (Å²) in [5.41, 5.74) is 4.96. The zero-order valence-electron chi connectivity index (χ0n) is 18.8. The van der Waals surface area contributed by atoms with Crippen LogP contribution in [0.25, 0.3) is 11.1 Å². The number of benzene rings is 2. The number of epoxide rings is 2. The second-order valence-electron chi connectivity index (χ2n) is 10.2. The Morgan fingerprint density at radius 3 is 1.41 bits per heavy atom. The molecule has 6 atom stereocenters. The number of fused-ring (bicyclic) bond motifs is 2. The quantitative estimate of drug-likeness (QED) is 0.487. The molecule has 4 nitrogen and oxygen atoms in total. The van der Waals surface area contributed by atoms with Crippen LogP contribution < -0.4 is 0 Å². The van der Waals surface area contributed by atoms with Crippen molar-refractivity contribution in [1.29, 1.82) is 0 Å². The normalized spacial score (nSPS) is 32.8. The Labute approximate surface area is 191 Å². The summed E-state index contributed by atoms with van der Waals surface area (Å²) in [5.74, 6) is 1.34. The number of hydrogen-bond acceptors (Lipinski definition) is 4. The van der Waals surface area contributed by atoms with Gasteiger partial charge in [0.1, 0.15) is 0 Å². The van der Waals surface area contributed by atoms with E-state index in [1.54, 1.807) is 0 Å². The van der Waals surface area contributed by atoms with Crippen molar-refractivity contribution in [3.05, 3.63) is 59.7 Å². The lowest BCUT2D eigenvalue weighted by Crippen LogP contribution is -2.18. The van der Waals surface area contributed by atoms with Gasteiger partial charge in [-0.2, -0.15) is 0 Å². The van der Waals surface area contributed by atoms with Crippen LogP contribution >= 0.6 is 0 Å². The molecule has 0 spiro atoms. The topological polar surface area (TPSA) is 43.5 Å². The molecule has 0 amide bonds. The Kier molecular flexibility index (Phi) is 6.04. The average molecular weight is 435 g/mol. The predicted octanol–water partition coefficient (Wildman–Crippen LogP) is 5.52. The molecule has 6 unspecified atom stereocenters. The molecule has 170 valence electrons. The third-order valence-electron chi connectivity index (χ3n) is 7.71. The monoisotopic (exact) mass is 434 g/mol. The fourth-order valence-corrected chi connectivity index (χ4v) is 5.55. The van der Waals surface area contributed by atoms with Crippen molar-refractivity contribution < 1.29 is 18.9 Å². The van der Waals surface area contributed by atoms with Crippen LogP contribution in [0.5, 0.6) is 0 Å². The minimum absolute atomic E-state index is 0.534. The Balaban J connectivity index is 0.937. The molecule has 32 heavy (non-hydrogen) atoms. The van der Waals surface area contributed by atoms with E-state index >= 15 is 0 Å². The highest BCUT2D eigenvalue weighted by Gasteiger charge is 2.44. The summed E-state index contributed by atoms with van der Waals surface area (Å²) in [5, 5.41) is 0. The van der Waals surface area contributed by atoms with Gasteiger partial charge >= 0.3 is 0 Å². The Hall–Kier alpha value is -1.72. The molecule has 2 aliphatic heterocycles. The highest BCUT2D eigenvalue weighted by Crippen LogP contribution is 2.40. The average Bonchev–Trinajstić information content (AvgIpc) is 3.74. The lowest BCUT2D eigenvalue weighted by atomic mass is 9.90. The van der Waals surface area contributed by atoms with E-state index in [4.69, 9.17) is 18.9 Å². The van der Waals surface area contributed by atoms with Gasteiger partial charge in [-0.3, -0.25) is 0 Å². The Bertz CT molecular complexity index is 817. The molecule has 0 aromatic heterocycles. The maximum atomic E-state index is 6.00. The van der Waals surface area contributed by atoms with Crippen molar-refractivity contribution in [3.8, 4) is 11.1 Å². The highest BCUT2D eigenvalue weighted by atomic mass is 16.6. The van der Waals surface area contributed by atoms with Crippen LogP contribution in [0.2, 0.25) is 0 Å². The molecule has 6 rings (SSSR count). The van der Waals surface area contributed by atoms with E-state index in [9.17, 15) is 0 Å². The second-order valence-corrected chi connectivity index (χ2v) is 10.2. The summed E-state index contributed by atoms with van der Waals surface area (Å²) in [6.45, 7) is 3.09. The van der Waals surface area contributed by atoms with Gasteiger partial charge in [0, 0.05) is 13.2 Å². The third kappa shape index (κ3) is 5.09. The van der Waals surface area contributed by atoms with Crippen molar-refractivity contribution in [2.45, 2.75) is 76.2 Å². The van der Waals surface area contributed by atoms with E-state index < -0.39 is 0 Å². The van der Waals surface area contributed by atoms with E-state index in [2.05, 4.69) is 48.5 Å². The van der Waals surface area contributed by atoms with Crippen molar-refractivity contribution >= 4 is 0 Å². The Morgan fingerprint density at radius 2 is 1.00 bits per heavy atom. The summed E-state index contributed by atoms with van der Waals surface area (Å²) >= 11 is 0. The maximum absolute atomic E-state index is 6.00. The molecule has 2 aromatic rings. The van der Waals surface area contributed by atoms with Crippen LogP contribution in [-0.4, -0.2) is 37.6 Å². The van der Waals surface area contributed by atoms with Gasteiger partial charge in [-0.1, -0.05) is 48.5 Å². The Morgan fingerprint density at radius 1 is 0.562 bits per heavy atom. The van der Waals surface area contributed by atoms with Gasteiger partial charge < -0.3 is 18.9 Å². The van der Waals surface area contributed by atoms with Gasteiger partial charge in [0.05, 0.1) is 37.6 Å². The van der Waals surface area contributed by atoms with Crippen LogP contribution in [0.15, 0.2) is 48.5 Å². The maximum Gasteiger partial charge on any atom is 0.0845 e. The molecule has 2 aromatic carbocycles. The fourth-order valence-electron chi connectivity index (χ4n) is 5.55. The molecule has 4 aliphatic rings. The minimum Gasteiger partial charge on any atom is -0.376 e. The summed E-state index contributed by atoms with van der Waals surface area (Å²) in [6.07, 6.45) is 9.51. The van der Waals surface area contributed by atoms with Crippen molar-refractivity contribution in [3.63, 3.8) is 0 Å². The molecule has 2 heterocycles. The molecule has 2 aliphatic carbocycles. The molecule has 4 heteroatoms. The smallest absolute Gasteiger partial charge is 0.0845 e. The first-order chi connectivity index (χ1) is 15.8. The molecule has 0 bridgehead atoms. The lowest BCUT2D eigenvalue weighted by molar-refractivity contribution is 0.0765. The summed E-state index contributed by atoms with van der Waals surface area (Å²) in [7, 11) is 0. The van der Waals surface area contributed by atoms with E-state index in [0.29, 0.717) is 49.5 Å². The van der Waals surface area contributed by atoms with E-state index in [1.807, 2.05) is 0 Å². The summed E-state index contributed by atoms with van der Waals surface area (Å²) in [6, 6.07) is 17.5. The third-order valence-corrected chi connectivity index (χ3v) is 7.71. The van der Waals surface area contributed by atoms with E-state index in [1.165, 1.54) is 60.8 Å². The molecule has 0 N–H and O–H groups in total. The first-order valence-corrected chi connectivity index (χ1v) is 12.4. The minimum atomic E-state index is 0.534. The lowest BCUT2D eigenvalue weighted by Gasteiger charge is -2.18. The zero-order chi connectivity index (χ0) is 21.3. The SMILES string of the molecule is c1cc(-c2ccc(COCC3CCC4OC4C3)cc2)ccc1COCC1CCC2OC2C1. The molecule has 0 radical (unpaired) electrons. The van der Waals surface area contributed by atoms with Crippen LogP contribution in [0.1, 0.15) is 49.7 Å². The standard InChI is InChI=1S/C28H34O4/c1-7-23(8-2-19(1)15-29-17-21-5-11-25-27(13-21)31-25)24-9-3-20(4-10-24)16-30-18-22-6-12-26-28(14-22)32-26/h1-4,7-10,21-22,25-28H,5-6,11-18H2. The number of ether oxygens (including phenoxy) is 4. The molecular weight excluding hydrogens is 400 g/mol. The largest absolute Gasteiger partial charge is 0.376 e. The van der Waals surface area contributed by atoms with Gasteiger partial charge in [-0.05, 0) is 72.6 Å². The van der Waals surface area contributed by atoms with Crippen LogP contribution in [0, 0.1) is 11.8 Å². The molecule has 2 saturated heterocycles. The van der Waals surface area contributed by atoms with E-state index in [0.717, 1.165) is 13.2 Å². The summed E-state index contributed by atoms with van der Waals surface area (Å²) in [4.78, 5) is 0. The summed E-state index contributed by atoms with van der Waals surface area (Å²) < 4.78 is 23.2. The van der Waals surface area contributed by atoms with E-state index in [-0.39, 0.29) is 0 Å². The van der Waals surface area contributed by atoms with Gasteiger partial charge in [0.15, 0.2) is 0 Å². The predicted molar refractivity (Wildman–Crippen MR) is 123 cm³/mol. The zero-order valence-corrected chi connectivity index (χ0v) is 18.8.